The van der Waals surface area contributed by atoms with Crippen LogP contribution in [0.5, 0.6) is 5.75 Å². The van der Waals surface area contributed by atoms with E-state index in [9.17, 15) is 18.8 Å². The van der Waals surface area contributed by atoms with Crippen LogP contribution in [0.4, 0.5) is 9.18 Å². The van der Waals surface area contributed by atoms with Crippen molar-refractivity contribution in [1.29, 1.82) is 0 Å². The highest BCUT2D eigenvalue weighted by atomic mass is 35.5. The van der Waals surface area contributed by atoms with Crippen molar-refractivity contribution < 1.29 is 37.5 Å². The Balaban J connectivity index is 1.96. The van der Waals surface area contributed by atoms with E-state index in [0.717, 1.165) is 6.07 Å². The fourth-order valence-electron chi connectivity index (χ4n) is 3.78. The molecule has 1 heterocycles. The molecule has 0 spiro atoms. The van der Waals surface area contributed by atoms with E-state index in [1.165, 1.54) is 19.1 Å². The summed E-state index contributed by atoms with van der Waals surface area (Å²) in [7, 11) is 5.89. The average Bonchev–Trinajstić information content (AvgIpc) is 2.76. The van der Waals surface area contributed by atoms with Crippen molar-refractivity contribution in [2.24, 2.45) is 0 Å². The van der Waals surface area contributed by atoms with Gasteiger partial charge >= 0.3 is 6.16 Å². The summed E-state index contributed by atoms with van der Waals surface area (Å²) in [6, 6.07) is 7.53. The van der Waals surface area contributed by atoms with Crippen LogP contribution in [0.1, 0.15) is 53.1 Å². The number of hydrogen-bond acceptors (Lipinski definition) is 6. The molecule has 10 heteroatoms. The molecule has 36 heavy (non-hydrogen) atoms. The van der Waals surface area contributed by atoms with Crippen molar-refractivity contribution in [3.63, 3.8) is 0 Å². The van der Waals surface area contributed by atoms with Gasteiger partial charge in [0.25, 0.3) is 5.91 Å². The summed E-state index contributed by atoms with van der Waals surface area (Å²) in [6.07, 6.45) is -1.94. The predicted molar refractivity (Wildman–Crippen MR) is 132 cm³/mol. The standard InChI is InChI=1S/C26H30ClFN2O6/c1-15(31)16-8-10-21-18(13-16)22(29-24(32)17-7-9-20(28)19(27)14-17)23(26(2,3)36-21)35-25(33)34-12-11-30(4,5)6/h7-10,13-14,22-23H,11-12H2,1-6H3/p+1/t22-,23-/m0/s1. The highest BCUT2D eigenvalue weighted by Gasteiger charge is 2.48. The fourth-order valence-corrected chi connectivity index (χ4v) is 3.96. The molecular formula is C26H31ClFN2O6+. The van der Waals surface area contributed by atoms with Gasteiger partial charge in [-0.05, 0) is 57.2 Å². The van der Waals surface area contributed by atoms with Gasteiger partial charge in [0.05, 0.1) is 32.2 Å². The number of carbonyl (C=O) groups is 3. The van der Waals surface area contributed by atoms with Crippen LogP contribution in [0, 0.1) is 5.82 Å². The zero-order valence-corrected chi connectivity index (χ0v) is 21.9. The van der Waals surface area contributed by atoms with Crippen LogP contribution in [-0.4, -0.2) is 68.3 Å². The number of hydrogen-bond donors (Lipinski definition) is 1. The van der Waals surface area contributed by atoms with Crippen LogP contribution in [-0.2, 0) is 9.47 Å². The second kappa shape index (κ2) is 10.4. The number of halogens is 2. The van der Waals surface area contributed by atoms with E-state index in [-0.39, 0.29) is 23.0 Å². The molecule has 0 radical (unpaired) electrons. The maximum atomic E-state index is 13.6. The van der Waals surface area contributed by atoms with Gasteiger partial charge in [-0.1, -0.05) is 11.6 Å². The molecule has 1 aliphatic heterocycles. The smallest absolute Gasteiger partial charge is 0.484 e. The molecule has 194 valence electrons. The second-order valence-corrected chi connectivity index (χ2v) is 10.7. The van der Waals surface area contributed by atoms with Gasteiger partial charge in [-0.2, -0.15) is 0 Å². The van der Waals surface area contributed by atoms with Crippen molar-refractivity contribution in [3.8, 4) is 5.75 Å². The molecule has 1 aliphatic rings. The number of likely N-dealkylation sites (N-methyl/N-ethyl adjacent to an activating group) is 1. The first-order valence-corrected chi connectivity index (χ1v) is 11.8. The number of amides is 1. The van der Waals surface area contributed by atoms with E-state index in [0.29, 0.717) is 27.9 Å². The maximum absolute atomic E-state index is 13.6. The third kappa shape index (κ3) is 6.53. The number of fused-ring (bicyclic) bond motifs is 1. The van der Waals surface area contributed by atoms with Gasteiger partial charge in [-0.15, -0.1) is 0 Å². The molecule has 0 aliphatic carbocycles. The van der Waals surface area contributed by atoms with Gasteiger partial charge in [-0.3, -0.25) is 9.59 Å². The Morgan fingerprint density at radius 2 is 1.78 bits per heavy atom. The first-order valence-electron chi connectivity index (χ1n) is 11.4. The summed E-state index contributed by atoms with van der Waals surface area (Å²) >= 11 is 5.86. The Labute approximate surface area is 214 Å². The second-order valence-electron chi connectivity index (χ2n) is 10.2. The average molecular weight is 522 g/mol. The third-order valence-electron chi connectivity index (χ3n) is 5.79. The number of rotatable bonds is 7. The van der Waals surface area contributed by atoms with E-state index in [1.54, 1.807) is 32.0 Å². The number of nitrogens with zero attached hydrogens (tertiary/aromatic N) is 1. The van der Waals surface area contributed by atoms with E-state index in [4.69, 9.17) is 25.8 Å². The predicted octanol–water partition coefficient (Wildman–Crippen LogP) is 4.55. The first kappa shape index (κ1) is 27.4. The van der Waals surface area contributed by atoms with Crippen molar-refractivity contribution in [2.75, 3.05) is 34.3 Å². The highest BCUT2D eigenvalue weighted by Crippen LogP contribution is 2.42. The van der Waals surface area contributed by atoms with Gasteiger partial charge in [0, 0.05) is 16.7 Å². The monoisotopic (exact) mass is 521 g/mol. The summed E-state index contributed by atoms with van der Waals surface area (Å²) in [5.41, 5.74) is -0.125. The lowest BCUT2D eigenvalue weighted by Gasteiger charge is -2.44. The van der Waals surface area contributed by atoms with Crippen LogP contribution in [0.2, 0.25) is 5.02 Å². The van der Waals surface area contributed by atoms with Gasteiger partial charge in [0.1, 0.15) is 30.3 Å². The molecule has 0 aromatic heterocycles. The number of benzene rings is 2. The van der Waals surface area contributed by atoms with Gasteiger partial charge in [0.15, 0.2) is 11.9 Å². The maximum Gasteiger partial charge on any atom is 0.508 e. The normalized spacial score (nSPS) is 18.4. The minimum absolute atomic E-state index is 0.110. The van der Waals surface area contributed by atoms with E-state index in [2.05, 4.69) is 5.32 Å². The van der Waals surface area contributed by atoms with Gasteiger partial charge in [-0.25, -0.2) is 9.18 Å². The van der Waals surface area contributed by atoms with E-state index in [1.807, 2.05) is 21.1 Å². The Morgan fingerprint density at radius 3 is 2.39 bits per heavy atom. The van der Waals surface area contributed by atoms with E-state index < -0.39 is 35.6 Å². The summed E-state index contributed by atoms with van der Waals surface area (Å²) in [5.74, 6) is -0.999. The molecule has 3 rings (SSSR count). The Bertz CT molecular complexity index is 1180. The molecule has 0 saturated carbocycles. The minimum Gasteiger partial charge on any atom is -0.484 e. The first-order chi connectivity index (χ1) is 16.7. The fraction of sp³-hybridized carbons (Fsp3) is 0.423. The molecule has 2 aromatic rings. The van der Waals surface area contributed by atoms with Crippen LogP contribution >= 0.6 is 11.6 Å². The molecule has 2 atom stereocenters. The highest BCUT2D eigenvalue weighted by molar-refractivity contribution is 6.31. The zero-order valence-electron chi connectivity index (χ0n) is 21.2. The lowest BCUT2D eigenvalue weighted by Crippen LogP contribution is -2.55. The largest absolute Gasteiger partial charge is 0.508 e. The molecule has 1 N–H and O–H groups in total. The van der Waals surface area contributed by atoms with Gasteiger partial charge in [0.2, 0.25) is 0 Å². The Kier molecular flexibility index (Phi) is 7.95. The number of Topliss-reactive ketones (excluding diaryl/α,β-unsaturated/α-hetero) is 1. The van der Waals surface area contributed by atoms with Crippen LogP contribution in [0.25, 0.3) is 0 Å². The minimum atomic E-state index is -1.08. The number of ketones is 1. The number of quaternary nitrogens is 1. The number of nitrogens with one attached hydrogen (secondary N) is 1. The molecule has 0 bridgehead atoms. The molecule has 2 aromatic carbocycles. The Morgan fingerprint density at radius 1 is 1.11 bits per heavy atom. The molecule has 8 nitrogen and oxygen atoms in total. The summed E-state index contributed by atoms with van der Waals surface area (Å²) in [4.78, 5) is 37.8. The number of ether oxygens (including phenoxy) is 3. The van der Waals surface area contributed by atoms with Crippen molar-refractivity contribution in [3.05, 3.63) is 63.9 Å². The molecule has 0 fully saturated rings. The lowest BCUT2D eigenvalue weighted by molar-refractivity contribution is -0.870. The topological polar surface area (TPSA) is 90.9 Å². The molecule has 1 amide bonds. The lowest BCUT2D eigenvalue weighted by atomic mass is 9.85. The summed E-state index contributed by atoms with van der Waals surface area (Å²) < 4.78 is 31.3. The quantitative estimate of drug-likeness (QED) is 0.326. The van der Waals surface area contributed by atoms with Gasteiger partial charge < -0.3 is 24.0 Å². The summed E-state index contributed by atoms with van der Waals surface area (Å²) in [6.45, 7) is 5.55. The zero-order chi connectivity index (χ0) is 26.8. The molecular weight excluding hydrogens is 491 g/mol. The summed E-state index contributed by atoms with van der Waals surface area (Å²) in [5, 5.41) is 2.64. The van der Waals surface area contributed by atoms with Crippen molar-refractivity contribution >= 4 is 29.4 Å². The van der Waals surface area contributed by atoms with Crippen LogP contribution in [0.3, 0.4) is 0 Å². The molecule has 0 saturated heterocycles. The third-order valence-corrected chi connectivity index (χ3v) is 6.08. The van der Waals surface area contributed by atoms with Crippen molar-refractivity contribution in [1.82, 2.24) is 5.32 Å². The van der Waals surface area contributed by atoms with Crippen molar-refractivity contribution in [2.45, 2.75) is 38.5 Å². The molecule has 0 unspecified atom stereocenters. The number of carbonyl (C=O) groups excluding carboxylic acids is 3. The Hall–Kier alpha value is -3.17. The van der Waals surface area contributed by atoms with Crippen LogP contribution in [0.15, 0.2) is 36.4 Å². The van der Waals surface area contributed by atoms with E-state index >= 15 is 0 Å². The van der Waals surface area contributed by atoms with Crippen LogP contribution < -0.4 is 10.1 Å². The SMILES string of the molecule is CC(=O)c1ccc2c(c1)[C@H](NC(=O)c1ccc(F)c(Cl)c1)[C@H](OC(=O)OCC[N+](C)(C)C)C(C)(C)O2.